The molecule has 1 aliphatic rings. The smallest absolute Gasteiger partial charge is 0.120 e. The Morgan fingerprint density at radius 2 is 2.10 bits per heavy atom. The van der Waals surface area contributed by atoms with Crippen molar-refractivity contribution in [2.45, 2.75) is 19.4 Å². The number of aromatic hydroxyl groups is 1. The van der Waals surface area contributed by atoms with Crippen LogP contribution in [-0.2, 0) is 6.54 Å². The van der Waals surface area contributed by atoms with Gasteiger partial charge in [-0.3, -0.25) is 4.90 Å². The molecule has 1 atom stereocenters. The van der Waals surface area contributed by atoms with Crippen LogP contribution in [0.4, 0.5) is 0 Å². The predicted molar refractivity (Wildman–Crippen MR) is 87.5 cm³/mol. The summed E-state index contributed by atoms with van der Waals surface area (Å²) in [5.41, 5.74) is 1.07. The number of hydrogen-bond acceptors (Lipinski definition) is 3. The molecule has 0 radical (unpaired) electrons. The van der Waals surface area contributed by atoms with E-state index in [-0.39, 0.29) is 0 Å². The van der Waals surface area contributed by atoms with E-state index in [0.29, 0.717) is 5.75 Å². The van der Waals surface area contributed by atoms with E-state index in [1.54, 1.807) is 0 Å². The van der Waals surface area contributed by atoms with Crippen LogP contribution in [0.3, 0.4) is 0 Å². The van der Waals surface area contributed by atoms with Crippen LogP contribution in [0.25, 0.3) is 10.8 Å². The highest BCUT2D eigenvalue weighted by Gasteiger charge is 2.20. The molecule has 0 aromatic heterocycles. The van der Waals surface area contributed by atoms with Crippen LogP contribution in [0.15, 0.2) is 36.4 Å². The van der Waals surface area contributed by atoms with Crippen LogP contribution in [-0.4, -0.2) is 36.7 Å². The molecule has 2 aromatic carbocycles. The number of fused-ring (bicyclic) bond motifs is 1. The van der Waals surface area contributed by atoms with Gasteiger partial charge in [-0.1, -0.05) is 30.3 Å². The molecule has 0 aliphatic carbocycles. The van der Waals surface area contributed by atoms with Crippen molar-refractivity contribution >= 4 is 10.8 Å². The number of likely N-dealkylation sites (tertiary alicyclic amines) is 1. The summed E-state index contributed by atoms with van der Waals surface area (Å²) < 4.78 is 0. The number of phenols is 1. The fourth-order valence-corrected chi connectivity index (χ4v) is 3.46. The van der Waals surface area contributed by atoms with Crippen LogP contribution in [0.5, 0.6) is 5.75 Å². The van der Waals surface area contributed by atoms with Crippen molar-refractivity contribution in [2.75, 3.05) is 26.7 Å². The van der Waals surface area contributed by atoms with Gasteiger partial charge >= 0.3 is 0 Å². The number of benzene rings is 2. The van der Waals surface area contributed by atoms with Crippen molar-refractivity contribution in [3.63, 3.8) is 0 Å². The molecule has 0 saturated carbocycles. The lowest BCUT2D eigenvalue weighted by Crippen LogP contribution is -2.38. The molecule has 3 nitrogen and oxygen atoms in total. The van der Waals surface area contributed by atoms with Gasteiger partial charge in [0, 0.05) is 18.7 Å². The van der Waals surface area contributed by atoms with Gasteiger partial charge in [0.15, 0.2) is 0 Å². The van der Waals surface area contributed by atoms with Gasteiger partial charge in [0.25, 0.3) is 0 Å². The molecule has 1 heterocycles. The average molecular weight is 284 g/mol. The molecular formula is C18H24N2O. The molecule has 112 valence electrons. The zero-order valence-corrected chi connectivity index (χ0v) is 12.7. The number of hydrogen-bond donors (Lipinski definition) is 2. The summed E-state index contributed by atoms with van der Waals surface area (Å²) in [7, 11) is 2.02. The van der Waals surface area contributed by atoms with Crippen LogP contribution in [0.1, 0.15) is 18.4 Å². The maximum atomic E-state index is 10.3. The van der Waals surface area contributed by atoms with Gasteiger partial charge in [-0.05, 0) is 55.7 Å². The lowest BCUT2D eigenvalue weighted by Gasteiger charge is -2.33. The maximum Gasteiger partial charge on any atom is 0.120 e. The van der Waals surface area contributed by atoms with Crippen molar-refractivity contribution in [2.24, 2.45) is 5.92 Å². The Balaban J connectivity index is 1.82. The fourth-order valence-electron chi connectivity index (χ4n) is 3.46. The molecular weight excluding hydrogens is 260 g/mol. The summed E-state index contributed by atoms with van der Waals surface area (Å²) in [5, 5.41) is 15.9. The monoisotopic (exact) mass is 284 g/mol. The molecule has 21 heavy (non-hydrogen) atoms. The van der Waals surface area contributed by atoms with Crippen molar-refractivity contribution < 1.29 is 5.11 Å². The summed E-state index contributed by atoms with van der Waals surface area (Å²) in [4.78, 5) is 2.48. The van der Waals surface area contributed by atoms with E-state index in [1.165, 1.54) is 23.6 Å². The lowest BCUT2D eigenvalue weighted by molar-refractivity contribution is 0.166. The molecule has 1 unspecified atom stereocenters. The third-order valence-electron chi connectivity index (χ3n) is 4.49. The number of rotatable bonds is 4. The maximum absolute atomic E-state index is 10.3. The molecule has 0 spiro atoms. The molecule has 2 N–H and O–H groups in total. The van der Waals surface area contributed by atoms with E-state index in [9.17, 15) is 5.11 Å². The summed E-state index contributed by atoms with van der Waals surface area (Å²) in [6.07, 6.45) is 2.55. The lowest BCUT2D eigenvalue weighted by atomic mass is 9.96. The second-order valence-electron chi connectivity index (χ2n) is 6.09. The first kappa shape index (κ1) is 14.4. The molecule has 3 heteroatoms. The second kappa shape index (κ2) is 6.46. The molecule has 0 bridgehead atoms. The number of nitrogens with one attached hydrogen (secondary N) is 1. The fraction of sp³-hybridized carbons (Fsp3) is 0.444. The number of nitrogens with zero attached hydrogens (tertiary/aromatic N) is 1. The van der Waals surface area contributed by atoms with E-state index in [2.05, 4.69) is 22.3 Å². The van der Waals surface area contributed by atoms with Crippen LogP contribution < -0.4 is 5.32 Å². The van der Waals surface area contributed by atoms with Crippen molar-refractivity contribution in [3.05, 3.63) is 42.0 Å². The quantitative estimate of drug-likeness (QED) is 0.906. The van der Waals surface area contributed by atoms with Crippen LogP contribution in [0.2, 0.25) is 0 Å². The highest BCUT2D eigenvalue weighted by atomic mass is 16.3. The van der Waals surface area contributed by atoms with Gasteiger partial charge in [0.2, 0.25) is 0 Å². The Bertz CT molecular complexity index is 609. The van der Waals surface area contributed by atoms with E-state index < -0.39 is 0 Å². The van der Waals surface area contributed by atoms with E-state index in [0.717, 1.165) is 37.7 Å². The molecule has 3 rings (SSSR count). The molecule has 2 aromatic rings. The molecule has 1 saturated heterocycles. The minimum absolute atomic E-state index is 0.421. The Kier molecular flexibility index (Phi) is 4.42. The summed E-state index contributed by atoms with van der Waals surface area (Å²) in [5.74, 6) is 1.14. The first-order valence-electron chi connectivity index (χ1n) is 7.84. The summed E-state index contributed by atoms with van der Waals surface area (Å²) in [6.45, 7) is 4.16. The minimum Gasteiger partial charge on any atom is -0.508 e. The number of piperidine rings is 1. The van der Waals surface area contributed by atoms with Crippen LogP contribution >= 0.6 is 0 Å². The zero-order valence-electron chi connectivity index (χ0n) is 12.7. The topological polar surface area (TPSA) is 35.5 Å². The predicted octanol–water partition coefficient (Wildman–Crippen LogP) is 2.98. The van der Waals surface area contributed by atoms with Crippen molar-refractivity contribution in [3.8, 4) is 5.75 Å². The summed E-state index contributed by atoms with van der Waals surface area (Å²) >= 11 is 0. The minimum atomic E-state index is 0.421. The number of phenolic OH excluding ortho intramolecular Hbond substituents is 1. The third-order valence-corrected chi connectivity index (χ3v) is 4.49. The Morgan fingerprint density at radius 3 is 2.95 bits per heavy atom. The highest BCUT2D eigenvalue weighted by Crippen LogP contribution is 2.29. The molecule has 1 fully saturated rings. The van der Waals surface area contributed by atoms with E-state index >= 15 is 0 Å². The normalized spacial score (nSPS) is 20.0. The van der Waals surface area contributed by atoms with Crippen LogP contribution in [0, 0.1) is 5.92 Å². The third kappa shape index (κ3) is 3.20. The first-order valence-corrected chi connectivity index (χ1v) is 7.84. The van der Waals surface area contributed by atoms with Gasteiger partial charge in [-0.25, -0.2) is 0 Å². The Hall–Kier alpha value is -1.58. The van der Waals surface area contributed by atoms with E-state index in [4.69, 9.17) is 0 Å². The largest absolute Gasteiger partial charge is 0.508 e. The van der Waals surface area contributed by atoms with Crippen molar-refractivity contribution in [1.29, 1.82) is 0 Å². The second-order valence-corrected chi connectivity index (χ2v) is 6.09. The van der Waals surface area contributed by atoms with Crippen molar-refractivity contribution in [1.82, 2.24) is 10.2 Å². The molecule has 0 amide bonds. The van der Waals surface area contributed by atoms with Gasteiger partial charge in [0.1, 0.15) is 5.75 Å². The van der Waals surface area contributed by atoms with Gasteiger partial charge in [-0.2, -0.15) is 0 Å². The van der Waals surface area contributed by atoms with Gasteiger partial charge in [0.05, 0.1) is 0 Å². The SMILES string of the molecule is CNCC1CCCN(Cc2c(O)ccc3ccccc23)C1. The Labute approximate surface area is 126 Å². The standard InChI is InChI=1S/C18H24N2O/c1-19-11-14-5-4-10-20(12-14)13-17-16-7-3-2-6-15(16)8-9-18(17)21/h2-3,6-9,14,19,21H,4-5,10-13H2,1H3. The molecule has 1 aliphatic heterocycles. The van der Waals surface area contributed by atoms with E-state index in [1.807, 2.05) is 31.3 Å². The average Bonchev–Trinajstić information content (AvgIpc) is 2.51. The first-order chi connectivity index (χ1) is 10.3. The van der Waals surface area contributed by atoms with Gasteiger partial charge < -0.3 is 10.4 Å². The Morgan fingerprint density at radius 1 is 1.24 bits per heavy atom. The summed E-state index contributed by atoms with van der Waals surface area (Å²) in [6, 6.07) is 12.1. The van der Waals surface area contributed by atoms with Gasteiger partial charge in [-0.15, -0.1) is 0 Å². The highest BCUT2D eigenvalue weighted by molar-refractivity contribution is 5.87. The zero-order chi connectivity index (χ0) is 14.7.